The van der Waals surface area contributed by atoms with Crippen molar-refractivity contribution in [2.75, 3.05) is 0 Å². The van der Waals surface area contributed by atoms with Gasteiger partial charge in [0.1, 0.15) is 0 Å². The van der Waals surface area contributed by atoms with Gasteiger partial charge in [0.15, 0.2) is 0 Å². The van der Waals surface area contributed by atoms with Gasteiger partial charge in [0.25, 0.3) is 0 Å². The molecule has 0 unspecified atom stereocenters. The summed E-state index contributed by atoms with van der Waals surface area (Å²) >= 11 is 0. The Kier molecular flexibility index (Phi) is 11.8. The fourth-order valence-corrected chi connectivity index (χ4v) is 0.630. The number of hydrogen-bond acceptors (Lipinski definition) is 2. The van der Waals surface area contributed by atoms with E-state index in [-0.39, 0.29) is 27.2 Å². The standard InChI is InChI=1S/C6H16N2.Pt/c1-2-3-4-5-6(7)8;/h6H,2-5,7-8H2,1H3;. The van der Waals surface area contributed by atoms with Gasteiger partial charge < -0.3 is 11.5 Å². The molecule has 0 aromatic rings. The van der Waals surface area contributed by atoms with Crippen LogP contribution in [-0.2, 0) is 21.1 Å². The van der Waals surface area contributed by atoms with Crippen molar-refractivity contribution in [3.05, 3.63) is 0 Å². The maximum absolute atomic E-state index is 5.31. The van der Waals surface area contributed by atoms with Gasteiger partial charge in [-0.3, -0.25) is 0 Å². The number of nitrogens with two attached hydrogens (primary N) is 2. The SMILES string of the molecule is CCCCCC(N)N.[Pt]. The van der Waals surface area contributed by atoms with Crippen molar-refractivity contribution in [3.8, 4) is 0 Å². The van der Waals surface area contributed by atoms with Crippen molar-refractivity contribution < 1.29 is 21.1 Å². The van der Waals surface area contributed by atoms with Crippen LogP contribution in [0.5, 0.6) is 0 Å². The van der Waals surface area contributed by atoms with Gasteiger partial charge in [-0.05, 0) is 6.42 Å². The quantitative estimate of drug-likeness (QED) is 0.596. The molecule has 0 saturated carbocycles. The van der Waals surface area contributed by atoms with E-state index in [0.29, 0.717) is 0 Å². The van der Waals surface area contributed by atoms with Crippen molar-refractivity contribution >= 4 is 0 Å². The summed E-state index contributed by atoms with van der Waals surface area (Å²) in [7, 11) is 0. The maximum Gasteiger partial charge on any atom is 0.0520 e. The van der Waals surface area contributed by atoms with Crippen LogP contribution in [0.3, 0.4) is 0 Å². The molecular weight excluding hydrogens is 295 g/mol. The molecule has 0 saturated heterocycles. The maximum atomic E-state index is 5.31. The molecule has 0 aromatic carbocycles. The van der Waals surface area contributed by atoms with Gasteiger partial charge in [-0.25, -0.2) is 0 Å². The van der Waals surface area contributed by atoms with Crippen LogP contribution in [0, 0.1) is 0 Å². The third-order valence-electron chi connectivity index (χ3n) is 1.14. The Balaban J connectivity index is 0. The van der Waals surface area contributed by atoms with Crippen molar-refractivity contribution in [3.63, 3.8) is 0 Å². The van der Waals surface area contributed by atoms with E-state index >= 15 is 0 Å². The van der Waals surface area contributed by atoms with E-state index in [9.17, 15) is 0 Å². The molecule has 0 radical (unpaired) electrons. The predicted molar refractivity (Wildman–Crippen MR) is 36.3 cm³/mol. The van der Waals surface area contributed by atoms with Crippen molar-refractivity contribution in [1.82, 2.24) is 0 Å². The number of unbranched alkanes of at least 4 members (excludes halogenated alkanes) is 2. The van der Waals surface area contributed by atoms with Crippen molar-refractivity contribution in [2.24, 2.45) is 11.5 Å². The normalized spacial score (nSPS) is 9.33. The second-order valence-corrected chi connectivity index (χ2v) is 2.16. The minimum Gasteiger partial charge on any atom is -0.316 e. The van der Waals surface area contributed by atoms with Crippen molar-refractivity contribution in [1.29, 1.82) is 0 Å². The summed E-state index contributed by atoms with van der Waals surface area (Å²) in [5.74, 6) is 0. The molecule has 0 atom stereocenters. The number of hydrogen-bond donors (Lipinski definition) is 2. The van der Waals surface area contributed by atoms with E-state index in [0.717, 1.165) is 6.42 Å². The van der Waals surface area contributed by atoms with E-state index in [1.807, 2.05) is 0 Å². The molecule has 0 spiro atoms. The molecule has 3 heteroatoms. The summed E-state index contributed by atoms with van der Waals surface area (Å²) in [4.78, 5) is 0. The van der Waals surface area contributed by atoms with Gasteiger partial charge in [0, 0.05) is 21.1 Å². The van der Waals surface area contributed by atoms with Gasteiger partial charge in [0.05, 0.1) is 6.17 Å². The predicted octanol–water partition coefficient (Wildman–Crippen LogP) is 0.808. The minimum absolute atomic E-state index is 0. The fourth-order valence-electron chi connectivity index (χ4n) is 0.630. The van der Waals surface area contributed by atoms with Crippen LogP contribution in [0.2, 0.25) is 0 Å². The minimum atomic E-state index is -0.0958. The first-order chi connectivity index (χ1) is 3.77. The zero-order valence-corrected chi connectivity index (χ0v) is 8.15. The summed E-state index contributed by atoms with van der Waals surface area (Å²) in [6, 6.07) is 0. The number of rotatable bonds is 4. The molecule has 0 amide bonds. The first-order valence-corrected chi connectivity index (χ1v) is 3.28. The molecule has 0 fully saturated rings. The second kappa shape index (κ2) is 8.61. The van der Waals surface area contributed by atoms with Gasteiger partial charge in [-0.1, -0.05) is 26.2 Å². The first kappa shape index (κ1) is 12.3. The van der Waals surface area contributed by atoms with Crippen molar-refractivity contribution in [2.45, 2.75) is 38.8 Å². The molecule has 9 heavy (non-hydrogen) atoms. The Morgan fingerprint density at radius 3 is 2.11 bits per heavy atom. The largest absolute Gasteiger partial charge is 0.316 e. The van der Waals surface area contributed by atoms with E-state index in [2.05, 4.69) is 6.92 Å². The zero-order chi connectivity index (χ0) is 6.41. The molecule has 0 aliphatic carbocycles. The molecule has 0 heterocycles. The molecular formula is C6H16N2Pt. The smallest absolute Gasteiger partial charge is 0.0520 e. The summed E-state index contributed by atoms with van der Waals surface area (Å²) in [6.07, 6.45) is 4.54. The van der Waals surface area contributed by atoms with E-state index in [4.69, 9.17) is 11.5 Å². The third-order valence-corrected chi connectivity index (χ3v) is 1.14. The van der Waals surface area contributed by atoms with Crippen LogP contribution in [0.1, 0.15) is 32.6 Å². The second-order valence-electron chi connectivity index (χ2n) is 2.16. The topological polar surface area (TPSA) is 52.0 Å². The van der Waals surface area contributed by atoms with Crippen LogP contribution in [0.25, 0.3) is 0 Å². The van der Waals surface area contributed by atoms with E-state index in [1.54, 1.807) is 0 Å². The first-order valence-electron chi connectivity index (χ1n) is 3.28. The van der Waals surface area contributed by atoms with Crippen LogP contribution >= 0.6 is 0 Å². The Labute approximate surface area is 71.6 Å². The molecule has 4 N–H and O–H groups in total. The molecule has 0 aliphatic rings. The van der Waals surface area contributed by atoms with Gasteiger partial charge in [-0.15, -0.1) is 0 Å². The molecule has 0 aliphatic heterocycles. The average Bonchev–Trinajstić information content (AvgIpc) is 1.66. The van der Waals surface area contributed by atoms with Crippen LogP contribution < -0.4 is 11.5 Å². The van der Waals surface area contributed by atoms with Gasteiger partial charge in [-0.2, -0.15) is 0 Å². The summed E-state index contributed by atoms with van der Waals surface area (Å²) < 4.78 is 0. The molecule has 2 nitrogen and oxygen atoms in total. The average molecular weight is 311 g/mol. The van der Waals surface area contributed by atoms with Crippen LogP contribution in [0.4, 0.5) is 0 Å². The Morgan fingerprint density at radius 1 is 1.22 bits per heavy atom. The zero-order valence-electron chi connectivity index (χ0n) is 5.88. The summed E-state index contributed by atoms with van der Waals surface area (Å²) in [5, 5.41) is 0. The van der Waals surface area contributed by atoms with Crippen LogP contribution in [0.15, 0.2) is 0 Å². The molecule has 60 valence electrons. The van der Waals surface area contributed by atoms with Gasteiger partial charge in [0.2, 0.25) is 0 Å². The Hall–Kier alpha value is 0.608. The van der Waals surface area contributed by atoms with E-state index < -0.39 is 0 Å². The Morgan fingerprint density at radius 2 is 1.78 bits per heavy atom. The Bertz CT molecular complexity index is 48.3. The molecule has 0 rings (SSSR count). The monoisotopic (exact) mass is 311 g/mol. The van der Waals surface area contributed by atoms with Crippen LogP contribution in [-0.4, -0.2) is 6.17 Å². The van der Waals surface area contributed by atoms with E-state index in [1.165, 1.54) is 19.3 Å². The van der Waals surface area contributed by atoms with Gasteiger partial charge >= 0.3 is 0 Å². The summed E-state index contributed by atoms with van der Waals surface area (Å²) in [6.45, 7) is 2.17. The third kappa shape index (κ3) is 12.0. The molecule has 0 bridgehead atoms. The fraction of sp³-hybridized carbons (Fsp3) is 1.00. The molecule has 0 aromatic heterocycles. The summed E-state index contributed by atoms with van der Waals surface area (Å²) in [5.41, 5.74) is 10.6.